The van der Waals surface area contributed by atoms with Crippen molar-refractivity contribution in [1.29, 1.82) is 0 Å². The summed E-state index contributed by atoms with van der Waals surface area (Å²) in [5, 5.41) is 24.2. The van der Waals surface area contributed by atoms with Crippen LogP contribution in [0.1, 0.15) is 71.1 Å². The van der Waals surface area contributed by atoms with Gasteiger partial charge in [0.05, 0.1) is 0 Å². The van der Waals surface area contributed by atoms with Crippen molar-refractivity contribution in [3.63, 3.8) is 0 Å². The lowest BCUT2D eigenvalue weighted by molar-refractivity contribution is -0.134. The van der Waals surface area contributed by atoms with Crippen molar-refractivity contribution >= 4 is 11.9 Å². The van der Waals surface area contributed by atoms with E-state index in [1.165, 1.54) is 57.8 Å². The number of aliphatic hydroxyl groups is 1. The molecule has 0 aliphatic carbocycles. The van der Waals surface area contributed by atoms with Crippen LogP contribution in [0.2, 0.25) is 0 Å². The fourth-order valence-corrected chi connectivity index (χ4v) is 1.74. The molecule has 5 nitrogen and oxygen atoms in total. The molecule has 0 unspecified atom stereocenters. The highest BCUT2D eigenvalue weighted by Crippen LogP contribution is 2.09. The molecule has 124 valence electrons. The molecule has 0 fully saturated rings. The van der Waals surface area contributed by atoms with Gasteiger partial charge >= 0.3 is 11.9 Å². The van der Waals surface area contributed by atoms with Crippen LogP contribution in [-0.4, -0.2) is 33.9 Å². The van der Waals surface area contributed by atoms with Crippen LogP contribution in [-0.2, 0) is 9.59 Å². The fraction of sp³-hybridized carbons (Fsp3) is 0.750. The van der Waals surface area contributed by atoms with Crippen molar-refractivity contribution in [1.82, 2.24) is 0 Å². The summed E-state index contributed by atoms with van der Waals surface area (Å²) < 4.78 is 0. The zero-order chi connectivity index (χ0) is 16.3. The van der Waals surface area contributed by atoms with Crippen molar-refractivity contribution in [2.45, 2.75) is 71.1 Å². The standard InChI is InChI=1S/C12H26O.C4H4O4/c1-2-3-4-5-6-7-8-9-10-11-12-13;5-3(6)1-2-4(7)8/h13H,2-12H2,1H3;1-2H,(H,5,6)(H,7,8)/b;2-1-. The van der Waals surface area contributed by atoms with Gasteiger partial charge in [-0.05, 0) is 6.42 Å². The number of carboxylic acids is 2. The van der Waals surface area contributed by atoms with E-state index in [0.717, 1.165) is 6.42 Å². The molecular weight excluding hydrogens is 272 g/mol. The smallest absolute Gasteiger partial charge is 0.328 e. The predicted octanol–water partition coefficient (Wildman–Crippen LogP) is 3.61. The molecule has 0 aromatic rings. The minimum atomic E-state index is -1.26. The molecule has 0 aromatic heterocycles. The second kappa shape index (κ2) is 18.6. The summed E-state index contributed by atoms with van der Waals surface area (Å²) in [6.45, 7) is 2.63. The quantitative estimate of drug-likeness (QED) is 0.378. The molecule has 0 amide bonds. The van der Waals surface area contributed by atoms with Crippen LogP contribution in [0.4, 0.5) is 0 Å². The number of aliphatic hydroxyl groups excluding tert-OH is 1. The molecule has 0 aliphatic heterocycles. The molecule has 0 radical (unpaired) electrons. The number of unbranched alkanes of at least 4 members (excludes halogenated alkanes) is 9. The summed E-state index contributed by atoms with van der Waals surface area (Å²) in [6.07, 6.45) is 14.4. The van der Waals surface area contributed by atoms with Crippen LogP contribution in [0.25, 0.3) is 0 Å². The van der Waals surface area contributed by atoms with Crippen LogP contribution in [0.5, 0.6) is 0 Å². The van der Waals surface area contributed by atoms with Gasteiger partial charge in [-0.25, -0.2) is 9.59 Å². The third-order valence-electron chi connectivity index (χ3n) is 2.88. The Morgan fingerprint density at radius 1 is 0.714 bits per heavy atom. The fourth-order valence-electron chi connectivity index (χ4n) is 1.74. The molecule has 0 aliphatic rings. The maximum absolute atomic E-state index is 9.55. The van der Waals surface area contributed by atoms with E-state index in [4.69, 9.17) is 15.3 Å². The highest BCUT2D eigenvalue weighted by Gasteiger charge is 1.91. The lowest BCUT2D eigenvalue weighted by Crippen LogP contribution is -1.91. The van der Waals surface area contributed by atoms with E-state index in [9.17, 15) is 9.59 Å². The Morgan fingerprint density at radius 3 is 1.33 bits per heavy atom. The third kappa shape index (κ3) is 27.7. The lowest BCUT2D eigenvalue weighted by Gasteiger charge is -2.00. The van der Waals surface area contributed by atoms with Crippen LogP contribution >= 0.6 is 0 Å². The summed E-state index contributed by atoms with van der Waals surface area (Å²) in [4.78, 5) is 19.1. The van der Waals surface area contributed by atoms with Crippen molar-refractivity contribution in [2.24, 2.45) is 0 Å². The number of carbonyl (C=O) groups is 2. The van der Waals surface area contributed by atoms with E-state index >= 15 is 0 Å². The van der Waals surface area contributed by atoms with Crippen LogP contribution in [0.3, 0.4) is 0 Å². The second-order valence-electron chi connectivity index (χ2n) is 4.92. The highest BCUT2D eigenvalue weighted by atomic mass is 16.4. The molecule has 0 spiro atoms. The topological polar surface area (TPSA) is 94.8 Å². The van der Waals surface area contributed by atoms with Gasteiger partial charge in [-0.2, -0.15) is 0 Å². The molecule has 0 rings (SSSR count). The second-order valence-corrected chi connectivity index (χ2v) is 4.92. The van der Waals surface area contributed by atoms with Gasteiger partial charge < -0.3 is 15.3 Å². The summed E-state index contributed by atoms with van der Waals surface area (Å²) in [5.74, 6) is -2.51. The number of aliphatic carboxylic acids is 2. The normalized spacial score (nSPS) is 10.2. The number of hydrogen-bond acceptors (Lipinski definition) is 3. The van der Waals surface area contributed by atoms with Gasteiger partial charge in [0, 0.05) is 18.8 Å². The lowest BCUT2D eigenvalue weighted by atomic mass is 10.1. The van der Waals surface area contributed by atoms with Gasteiger partial charge in [0.15, 0.2) is 0 Å². The minimum absolute atomic E-state index is 0.372. The zero-order valence-corrected chi connectivity index (χ0v) is 13.1. The first-order valence-corrected chi connectivity index (χ1v) is 7.79. The van der Waals surface area contributed by atoms with E-state index in [0.29, 0.717) is 18.8 Å². The van der Waals surface area contributed by atoms with Gasteiger partial charge in [0.1, 0.15) is 0 Å². The van der Waals surface area contributed by atoms with E-state index in [1.54, 1.807) is 0 Å². The Bertz CT molecular complexity index is 248. The van der Waals surface area contributed by atoms with Gasteiger partial charge in [-0.1, -0.05) is 64.7 Å². The van der Waals surface area contributed by atoms with E-state index in [1.807, 2.05) is 0 Å². The summed E-state index contributed by atoms with van der Waals surface area (Å²) in [5.41, 5.74) is 0. The molecule has 0 bridgehead atoms. The minimum Gasteiger partial charge on any atom is -0.478 e. The molecule has 0 saturated carbocycles. The highest BCUT2D eigenvalue weighted by molar-refractivity contribution is 5.89. The Kier molecular flexibility index (Phi) is 19.5. The summed E-state index contributed by atoms with van der Waals surface area (Å²) in [7, 11) is 0. The van der Waals surface area contributed by atoms with E-state index in [2.05, 4.69) is 6.92 Å². The zero-order valence-electron chi connectivity index (χ0n) is 13.1. The Morgan fingerprint density at radius 2 is 1.05 bits per heavy atom. The molecule has 5 heteroatoms. The van der Waals surface area contributed by atoms with Crippen LogP contribution < -0.4 is 0 Å². The SMILES string of the molecule is CCCCCCCCCCCCO.O=C(O)/C=C\C(=O)O. The monoisotopic (exact) mass is 302 g/mol. The number of rotatable bonds is 12. The van der Waals surface area contributed by atoms with Gasteiger partial charge in [0.2, 0.25) is 0 Å². The molecule has 0 heterocycles. The maximum Gasteiger partial charge on any atom is 0.328 e. The molecule has 0 aromatic carbocycles. The Balaban J connectivity index is 0. The van der Waals surface area contributed by atoms with Crippen molar-refractivity contribution in [3.05, 3.63) is 12.2 Å². The molecule has 21 heavy (non-hydrogen) atoms. The van der Waals surface area contributed by atoms with Gasteiger partial charge in [-0.15, -0.1) is 0 Å². The van der Waals surface area contributed by atoms with Gasteiger partial charge in [-0.3, -0.25) is 0 Å². The molecule has 0 saturated heterocycles. The van der Waals surface area contributed by atoms with Crippen LogP contribution in [0.15, 0.2) is 12.2 Å². The van der Waals surface area contributed by atoms with E-state index in [-0.39, 0.29) is 0 Å². The first-order chi connectivity index (χ1) is 10.0. The van der Waals surface area contributed by atoms with Crippen molar-refractivity contribution in [2.75, 3.05) is 6.61 Å². The average Bonchev–Trinajstić information content (AvgIpc) is 2.44. The van der Waals surface area contributed by atoms with Crippen LogP contribution in [0, 0.1) is 0 Å². The van der Waals surface area contributed by atoms with Crippen molar-refractivity contribution < 1.29 is 24.9 Å². The Labute approximate surface area is 127 Å². The predicted molar refractivity (Wildman–Crippen MR) is 83.3 cm³/mol. The summed E-state index contributed by atoms with van der Waals surface area (Å²) in [6, 6.07) is 0. The number of carboxylic acid groups (broad SMARTS) is 2. The molecule has 3 N–H and O–H groups in total. The summed E-state index contributed by atoms with van der Waals surface area (Å²) >= 11 is 0. The first kappa shape index (κ1) is 21.9. The first-order valence-electron chi connectivity index (χ1n) is 7.79. The number of hydrogen-bond donors (Lipinski definition) is 3. The Hall–Kier alpha value is -1.36. The van der Waals surface area contributed by atoms with Gasteiger partial charge in [0.25, 0.3) is 0 Å². The average molecular weight is 302 g/mol. The van der Waals surface area contributed by atoms with E-state index < -0.39 is 11.9 Å². The largest absolute Gasteiger partial charge is 0.478 e. The maximum atomic E-state index is 9.55. The third-order valence-corrected chi connectivity index (χ3v) is 2.88. The molecular formula is C16H30O5. The van der Waals surface area contributed by atoms with Crippen molar-refractivity contribution in [3.8, 4) is 0 Å². The molecule has 0 atom stereocenters.